The Kier molecular flexibility index (Phi) is 4.49. The summed E-state index contributed by atoms with van der Waals surface area (Å²) in [7, 11) is 3.11. The van der Waals surface area contributed by atoms with E-state index in [0.717, 1.165) is 0 Å². The normalized spacial score (nSPS) is 12.8. The molecular formula is C11H19N3O2. The van der Waals surface area contributed by atoms with Crippen LogP contribution in [0.4, 0.5) is 0 Å². The lowest BCUT2D eigenvalue weighted by Gasteiger charge is -2.13. The zero-order valence-electron chi connectivity index (χ0n) is 10.2. The third kappa shape index (κ3) is 3.06. The minimum absolute atomic E-state index is 0.274. The number of esters is 1. The molecule has 0 aliphatic rings. The number of ether oxygens (including phenoxy) is 1. The standard InChI is InChI=1S/C11H19N3O2/c1-8(2)9-5-13-14(6-9)7-10(12-3)11(15)16-4/h5-6,8,10,12H,7H2,1-4H3. The van der Waals surface area contributed by atoms with Gasteiger partial charge in [-0.2, -0.15) is 5.10 Å². The molecule has 5 nitrogen and oxygen atoms in total. The first-order valence-corrected chi connectivity index (χ1v) is 5.36. The second-order valence-electron chi connectivity index (χ2n) is 4.01. The maximum absolute atomic E-state index is 11.4. The molecule has 0 amide bonds. The number of nitrogens with one attached hydrogen (secondary N) is 1. The topological polar surface area (TPSA) is 56.2 Å². The monoisotopic (exact) mass is 225 g/mol. The summed E-state index contributed by atoms with van der Waals surface area (Å²) in [5.74, 6) is 0.170. The Labute approximate surface area is 95.8 Å². The molecule has 1 aromatic rings. The highest BCUT2D eigenvalue weighted by atomic mass is 16.5. The van der Waals surface area contributed by atoms with E-state index in [2.05, 4.69) is 29.0 Å². The molecule has 1 heterocycles. The van der Waals surface area contributed by atoms with Crippen LogP contribution in [0.5, 0.6) is 0 Å². The number of nitrogens with zero attached hydrogens (tertiary/aromatic N) is 2. The van der Waals surface area contributed by atoms with Gasteiger partial charge in [0.05, 0.1) is 19.9 Å². The van der Waals surface area contributed by atoms with Crippen molar-refractivity contribution < 1.29 is 9.53 Å². The van der Waals surface area contributed by atoms with Crippen molar-refractivity contribution in [3.63, 3.8) is 0 Å². The lowest BCUT2D eigenvalue weighted by atomic mass is 10.1. The van der Waals surface area contributed by atoms with Crippen LogP contribution in [0.1, 0.15) is 25.3 Å². The highest BCUT2D eigenvalue weighted by molar-refractivity contribution is 5.75. The average molecular weight is 225 g/mol. The second kappa shape index (κ2) is 5.65. The Balaban J connectivity index is 2.67. The molecule has 90 valence electrons. The first kappa shape index (κ1) is 12.7. The number of aromatic nitrogens is 2. The van der Waals surface area contributed by atoms with E-state index in [0.29, 0.717) is 12.5 Å². The lowest BCUT2D eigenvalue weighted by Crippen LogP contribution is -2.38. The largest absolute Gasteiger partial charge is 0.468 e. The van der Waals surface area contributed by atoms with Crippen LogP contribution in [0.15, 0.2) is 12.4 Å². The summed E-state index contributed by atoms with van der Waals surface area (Å²) in [4.78, 5) is 11.4. The van der Waals surface area contributed by atoms with Crippen LogP contribution < -0.4 is 5.32 Å². The molecule has 0 aliphatic carbocycles. The number of hydrogen-bond acceptors (Lipinski definition) is 4. The van der Waals surface area contributed by atoms with Crippen molar-refractivity contribution in [3.8, 4) is 0 Å². The molecule has 0 fully saturated rings. The Morgan fingerprint density at radius 3 is 2.75 bits per heavy atom. The molecule has 0 saturated heterocycles. The minimum atomic E-state index is -0.357. The van der Waals surface area contributed by atoms with Crippen molar-refractivity contribution in [2.75, 3.05) is 14.2 Å². The molecule has 0 spiro atoms. The van der Waals surface area contributed by atoms with Gasteiger partial charge in [-0.25, -0.2) is 0 Å². The molecule has 1 atom stereocenters. The molecule has 5 heteroatoms. The molecule has 0 aliphatic heterocycles. The summed E-state index contributed by atoms with van der Waals surface area (Å²) in [5, 5.41) is 7.12. The minimum Gasteiger partial charge on any atom is -0.468 e. The fourth-order valence-electron chi connectivity index (χ4n) is 1.39. The second-order valence-corrected chi connectivity index (χ2v) is 4.01. The number of carbonyl (C=O) groups is 1. The van der Waals surface area contributed by atoms with Gasteiger partial charge in [-0.05, 0) is 18.5 Å². The SMILES string of the molecule is CNC(Cn1cc(C(C)C)cn1)C(=O)OC. The van der Waals surface area contributed by atoms with Crippen molar-refractivity contribution in [2.45, 2.75) is 32.4 Å². The smallest absolute Gasteiger partial charge is 0.324 e. The summed E-state index contributed by atoms with van der Waals surface area (Å²) in [6.07, 6.45) is 3.78. The number of rotatable bonds is 5. The van der Waals surface area contributed by atoms with E-state index >= 15 is 0 Å². The quantitative estimate of drug-likeness (QED) is 0.752. The van der Waals surface area contributed by atoms with Crippen LogP contribution in [-0.4, -0.2) is 35.9 Å². The van der Waals surface area contributed by atoms with E-state index in [1.54, 1.807) is 11.7 Å². The van der Waals surface area contributed by atoms with Gasteiger partial charge in [0, 0.05) is 6.20 Å². The molecule has 1 N–H and O–H groups in total. The highest BCUT2D eigenvalue weighted by Gasteiger charge is 2.17. The van der Waals surface area contributed by atoms with Gasteiger partial charge in [0.25, 0.3) is 0 Å². The molecule has 1 unspecified atom stereocenters. The van der Waals surface area contributed by atoms with Crippen LogP contribution in [0.2, 0.25) is 0 Å². The van der Waals surface area contributed by atoms with Crippen LogP contribution in [0, 0.1) is 0 Å². The third-order valence-corrected chi connectivity index (χ3v) is 2.52. The molecule has 0 bridgehead atoms. The third-order valence-electron chi connectivity index (χ3n) is 2.52. The summed E-state index contributed by atoms with van der Waals surface area (Å²) in [5.41, 5.74) is 1.17. The van der Waals surface area contributed by atoms with Gasteiger partial charge in [-0.3, -0.25) is 9.48 Å². The summed E-state index contributed by atoms with van der Waals surface area (Å²) in [6, 6.07) is -0.357. The van der Waals surface area contributed by atoms with E-state index in [9.17, 15) is 4.79 Å². The van der Waals surface area contributed by atoms with Gasteiger partial charge in [0.15, 0.2) is 0 Å². The van der Waals surface area contributed by atoms with E-state index in [1.165, 1.54) is 12.7 Å². The van der Waals surface area contributed by atoms with Crippen molar-refractivity contribution in [2.24, 2.45) is 0 Å². The first-order valence-electron chi connectivity index (χ1n) is 5.36. The maximum atomic E-state index is 11.4. The average Bonchev–Trinajstić information content (AvgIpc) is 2.73. The first-order chi connectivity index (χ1) is 7.58. The van der Waals surface area contributed by atoms with Crippen molar-refractivity contribution in [1.82, 2.24) is 15.1 Å². The Hall–Kier alpha value is -1.36. The zero-order chi connectivity index (χ0) is 12.1. The fraction of sp³-hybridized carbons (Fsp3) is 0.636. The maximum Gasteiger partial charge on any atom is 0.324 e. The van der Waals surface area contributed by atoms with E-state index < -0.39 is 0 Å². The van der Waals surface area contributed by atoms with E-state index in [-0.39, 0.29) is 12.0 Å². The number of methoxy groups -OCH3 is 1. The van der Waals surface area contributed by atoms with Crippen LogP contribution in [0.3, 0.4) is 0 Å². The van der Waals surface area contributed by atoms with Gasteiger partial charge in [-0.1, -0.05) is 13.8 Å². The van der Waals surface area contributed by atoms with Gasteiger partial charge in [0.1, 0.15) is 6.04 Å². The number of likely N-dealkylation sites (N-methyl/N-ethyl adjacent to an activating group) is 1. The van der Waals surface area contributed by atoms with Gasteiger partial charge >= 0.3 is 5.97 Å². The Morgan fingerprint density at radius 1 is 1.62 bits per heavy atom. The summed E-state index contributed by atoms with van der Waals surface area (Å²) >= 11 is 0. The van der Waals surface area contributed by atoms with Gasteiger partial charge < -0.3 is 10.1 Å². The van der Waals surface area contributed by atoms with E-state index in [4.69, 9.17) is 0 Å². The van der Waals surface area contributed by atoms with Crippen molar-refractivity contribution in [3.05, 3.63) is 18.0 Å². The van der Waals surface area contributed by atoms with Crippen LogP contribution in [-0.2, 0) is 16.1 Å². The molecule has 1 aromatic heterocycles. The van der Waals surface area contributed by atoms with Crippen LogP contribution in [0.25, 0.3) is 0 Å². The predicted molar refractivity (Wildman–Crippen MR) is 61.2 cm³/mol. The lowest BCUT2D eigenvalue weighted by molar-refractivity contribution is -0.143. The highest BCUT2D eigenvalue weighted by Crippen LogP contribution is 2.12. The van der Waals surface area contributed by atoms with Crippen molar-refractivity contribution >= 4 is 5.97 Å². The van der Waals surface area contributed by atoms with Gasteiger partial charge in [-0.15, -0.1) is 0 Å². The number of hydrogen-bond donors (Lipinski definition) is 1. The van der Waals surface area contributed by atoms with Crippen LogP contribution >= 0.6 is 0 Å². The van der Waals surface area contributed by atoms with Gasteiger partial charge in [0.2, 0.25) is 0 Å². The Bertz CT molecular complexity index is 347. The Morgan fingerprint density at radius 2 is 2.31 bits per heavy atom. The molecule has 0 saturated carbocycles. The summed E-state index contributed by atoms with van der Waals surface area (Å²) < 4.78 is 6.44. The van der Waals surface area contributed by atoms with Crippen molar-refractivity contribution in [1.29, 1.82) is 0 Å². The molecule has 0 aromatic carbocycles. The zero-order valence-corrected chi connectivity index (χ0v) is 10.2. The number of carbonyl (C=O) groups excluding carboxylic acids is 1. The molecule has 0 radical (unpaired) electrons. The summed E-state index contributed by atoms with van der Waals surface area (Å²) in [6.45, 7) is 4.70. The van der Waals surface area contributed by atoms with E-state index in [1.807, 2.05) is 12.4 Å². The predicted octanol–water partition coefficient (Wildman–Crippen LogP) is 0.767. The molecular weight excluding hydrogens is 206 g/mol. The fourth-order valence-corrected chi connectivity index (χ4v) is 1.39. The molecule has 16 heavy (non-hydrogen) atoms. The molecule has 1 rings (SSSR count).